The van der Waals surface area contributed by atoms with Gasteiger partial charge in [0.25, 0.3) is 0 Å². The Morgan fingerprint density at radius 2 is 2.12 bits per heavy atom. The van der Waals surface area contributed by atoms with Crippen LogP contribution in [0.15, 0.2) is 30.3 Å². The Hall–Kier alpha value is -2.10. The van der Waals surface area contributed by atoms with Crippen molar-refractivity contribution in [3.05, 3.63) is 35.9 Å². The number of carbonyl (C=O) groups excluding carboxylic acids is 2. The second-order valence-corrected chi connectivity index (χ2v) is 3.14. The third-order valence-corrected chi connectivity index (χ3v) is 1.90. The van der Waals surface area contributed by atoms with Crippen LogP contribution < -0.4 is 5.73 Å². The van der Waals surface area contributed by atoms with E-state index in [-0.39, 0.29) is 0 Å². The van der Waals surface area contributed by atoms with Crippen LogP contribution in [-0.4, -0.2) is 24.8 Å². The fraction of sp³-hybridized carbons (Fsp3) is 0.250. The summed E-state index contributed by atoms with van der Waals surface area (Å²) in [6, 6.07) is 6.24. The average Bonchev–Trinajstić information content (AvgIpc) is 2.30. The second kappa shape index (κ2) is 6.48. The van der Waals surface area contributed by atoms with Crippen molar-refractivity contribution in [3.63, 3.8) is 0 Å². The molecule has 1 unspecified atom stereocenters. The Balaban J connectivity index is 2.69. The highest BCUT2D eigenvalue weighted by Crippen LogP contribution is 2.09. The van der Waals surface area contributed by atoms with Gasteiger partial charge in [0.1, 0.15) is 5.94 Å². The van der Waals surface area contributed by atoms with Crippen LogP contribution in [0, 0.1) is 0 Å². The average molecular weight is 235 g/mol. The first-order valence-electron chi connectivity index (χ1n) is 5.06. The number of esters is 1. The van der Waals surface area contributed by atoms with Gasteiger partial charge in [-0.15, -0.1) is 0 Å². The van der Waals surface area contributed by atoms with E-state index >= 15 is 0 Å². The van der Waals surface area contributed by atoms with Crippen LogP contribution >= 0.6 is 0 Å². The molecule has 0 heterocycles. The van der Waals surface area contributed by atoms with E-state index in [9.17, 15) is 9.59 Å². The molecule has 0 spiro atoms. The van der Waals surface area contributed by atoms with Crippen LogP contribution in [0.1, 0.15) is 17.3 Å². The van der Waals surface area contributed by atoms with E-state index in [1.165, 1.54) is 18.1 Å². The van der Waals surface area contributed by atoms with Crippen LogP contribution in [0.2, 0.25) is 0 Å². The lowest BCUT2D eigenvalue weighted by atomic mass is 10.2. The molecule has 1 aromatic rings. The van der Waals surface area contributed by atoms with Gasteiger partial charge in [-0.1, -0.05) is 0 Å². The smallest absolute Gasteiger partial charge is 0.340 e. The normalized spacial score (nSPS) is 11.4. The molecule has 0 saturated carbocycles. The SMILES string of the molecule is CCOC(C=C=O)OC(=O)c1ccc(N)cc1. The molecular weight excluding hydrogens is 222 g/mol. The Kier molecular flexibility index (Phi) is 4.94. The number of nitrogens with two attached hydrogens (primary N) is 1. The molecule has 90 valence electrons. The van der Waals surface area contributed by atoms with Gasteiger partial charge in [-0.3, -0.25) is 0 Å². The van der Waals surface area contributed by atoms with Crippen molar-refractivity contribution in [2.24, 2.45) is 0 Å². The largest absolute Gasteiger partial charge is 0.428 e. The summed E-state index contributed by atoms with van der Waals surface area (Å²) in [6.07, 6.45) is -0.0128. The lowest BCUT2D eigenvalue weighted by Crippen LogP contribution is -2.19. The first-order chi connectivity index (χ1) is 8.17. The van der Waals surface area contributed by atoms with E-state index in [4.69, 9.17) is 15.2 Å². The Morgan fingerprint density at radius 1 is 1.47 bits per heavy atom. The number of nitrogen functional groups attached to an aromatic ring is 1. The highest BCUT2D eigenvalue weighted by atomic mass is 16.7. The highest BCUT2D eigenvalue weighted by molar-refractivity contribution is 5.89. The summed E-state index contributed by atoms with van der Waals surface area (Å²) in [4.78, 5) is 21.8. The first-order valence-corrected chi connectivity index (χ1v) is 5.06. The van der Waals surface area contributed by atoms with Crippen LogP contribution in [0.4, 0.5) is 5.69 Å². The summed E-state index contributed by atoms with van der Waals surface area (Å²) in [5, 5.41) is 0. The zero-order valence-electron chi connectivity index (χ0n) is 9.38. The number of benzene rings is 1. The van der Waals surface area contributed by atoms with Crippen LogP contribution in [0.25, 0.3) is 0 Å². The summed E-state index contributed by atoms with van der Waals surface area (Å²) in [7, 11) is 0. The van der Waals surface area contributed by atoms with Crippen LogP contribution in [0.3, 0.4) is 0 Å². The number of ether oxygens (including phenoxy) is 2. The molecule has 0 fully saturated rings. The van der Waals surface area contributed by atoms with Crippen molar-refractivity contribution in [3.8, 4) is 0 Å². The van der Waals surface area contributed by atoms with E-state index in [1.54, 1.807) is 19.1 Å². The van der Waals surface area contributed by atoms with Crippen molar-refractivity contribution in [1.29, 1.82) is 0 Å². The van der Waals surface area contributed by atoms with Crippen LogP contribution in [-0.2, 0) is 14.3 Å². The molecule has 1 atom stereocenters. The summed E-state index contributed by atoms with van der Waals surface area (Å²) < 4.78 is 9.95. The van der Waals surface area contributed by atoms with E-state index in [0.29, 0.717) is 17.9 Å². The van der Waals surface area contributed by atoms with E-state index in [1.807, 2.05) is 0 Å². The summed E-state index contributed by atoms with van der Waals surface area (Å²) in [5.74, 6) is 0.933. The van der Waals surface area contributed by atoms with Crippen molar-refractivity contribution in [2.75, 3.05) is 12.3 Å². The molecule has 0 aliphatic rings. The molecule has 0 aliphatic carbocycles. The minimum absolute atomic E-state index is 0.317. The van der Waals surface area contributed by atoms with E-state index in [2.05, 4.69) is 0 Å². The van der Waals surface area contributed by atoms with Gasteiger partial charge in [-0.25, -0.2) is 9.59 Å². The summed E-state index contributed by atoms with van der Waals surface area (Å²) in [6.45, 7) is 2.04. The lowest BCUT2D eigenvalue weighted by Gasteiger charge is -2.12. The predicted octanol–water partition coefficient (Wildman–Crippen LogP) is 1.18. The molecule has 0 bridgehead atoms. The van der Waals surface area contributed by atoms with Gasteiger partial charge >= 0.3 is 5.97 Å². The maximum absolute atomic E-state index is 11.6. The number of hydrogen-bond acceptors (Lipinski definition) is 5. The third kappa shape index (κ3) is 4.10. The molecule has 1 rings (SSSR count). The molecule has 0 amide bonds. The van der Waals surface area contributed by atoms with Crippen LogP contribution in [0.5, 0.6) is 0 Å². The quantitative estimate of drug-likeness (QED) is 0.359. The molecule has 0 radical (unpaired) electrons. The van der Waals surface area contributed by atoms with Crippen molar-refractivity contribution >= 4 is 17.6 Å². The minimum Gasteiger partial charge on any atom is -0.428 e. The van der Waals surface area contributed by atoms with Gasteiger partial charge in [0, 0.05) is 12.3 Å². The van der Waals surface area contributed by atoms with E-state index in [0.717, 1.165) is 6.08 Å². The molecule has 0 aliphatic heterocycles. The fourth-order valence-corrected chi connectivity index (χ4v) is 1.13. The van der Waals surface area contributed by atoms with Crippen molar-refractivity contribution < 1.29 is 19.1 Å². The highest BCUT2D eigenvalue weighted by Gasteiger charge is 2.13. The zero-order valence-corrected chi connectivity index (χ0v) is 9.38. The van der Waals surface area contributed by atoms with Gasteiger partial charge in [0.05, 0.1) is 11.6 Å². The molecule has 17 heavy (non-hydrogen) atoms. The molecular formula is C12H13NO4. The zero-order chi connectivity index (χ0) is 12.7. The van der Waals surface area contributed by atoms with Crippen molar-refractivity contribution in [2.45, 2.75) is 13.2 Å². The van der Waals surface area contributed by atoms with E-state index < -0.39 is 12.3 Å². The second-order valence-electron chi connectivity index (χ2n) is 3.14. The van der Waals surface area contributed by atoms with Gasteiger partial charge in [0.2, 0.25) is 6.29 Å². The molecule has 5 heteroatoms. The van der Waals surface area contributed by atoms with Gasteiger partial charge in [-0.05, 0) is 31.2 Å². The predicted molar refractivity (Wildman–Crippen MR) is 61.9 cm³/mol. The van der Waals surface area contributed by atoms with Gasteiger partial charge < -0.3 is 15.2 Å². The topological polar surface area (TPSA) is 78.6 Å². The molecule has 0 saturated heterocycles. The maximum atomic E-state index is 11.6. The molecule has 5 nitrogen and oxygen atoms in total. The first kappa shape index (κ1) is 13.0. The summed E-state index contributed by atoms with van der Waals surface area (Å²) in [5.41, 5.74) is 6.38. The summed E-state index contributed by atoms with van der Waals surface area (Å²) >= 11 is 0. The standard InChI is InChI=1S/C12H13NO4/c1-2-16-11(7-8-14)17-12(15)9-3-5-10(13)6-4-9/h3-7,11H,2,13H2,1H3. The van der Waals surface area contributed by atoms with Gasteiger partial charge in [0.15, 0.2) is 0 Å². The Bertz CT molecular complexity index is 421. The molecule has 0 aromatic heterocycles. The maximum Gasteiger partial charge on any atom is 0.340 e. The van der Waals surface area contributed by atoms with Crippen molar-refractivity contribution in [1.82, 2.24) is 0 Å². The molecule has 2 N–H and O–H groups in total. The molecule has 1 aromatic carbocycles. The minimum atomic E-state index is -1.01. The number of hydrogen-bond donors (Lipinski definition) is 1. The monoisotopic (exact) mass is 235 g/mol. The number of rotatable bonds is 5. The fourth-order valence-electron chi connectivity index (χ4n) is 1.13. The Morgan fingerprint density at radius 3 is 2.65 bits per heavy atom. The van der Waals surface area contributed by atoms with Gasteiger partial charge in [-0.2, -0.15) is 0 Å². The number of carbonyl (C=O) groups is 1. The Labute approximate surface area is 98.8 Å². The third-order valence-electron chi connectivity index (χ3n) is 1.90. The number of anilines is 1. The lowest BCUT2D eigenvalue weighted by molar-refractivity contribution is -0.0757.